The lowest BCUT2D eigenvalue weighted by Crippen LogP contribution is -2.51. The Morgan fingerprint density at radius 3 is 2.69 bits per heavy atom. The van der Waals surface area contributed by atoms with Crippen LogP contribution in [0.4, 0.5) is 0 Å². The molecule has 0 aromatic carbocycles. The summed E-state index contributed by atoms with van der Waals surface area (Å²) >= 11 is 0. The van der Waals surface area contributed by atoms with Gasteiger partial charge >= 0.3 is 0 Å². The van der Waals surface area contributed by atoms with Crippen molar-refractivity contribution in [2.45, 2.75) is 32.2 Å². The summed E-state index contributed by atoms with van der Waals surface area (Å²) in [7, 11) is 3.89. The zero-order chi connectivity index (χ0) is 12.0. The summed E-state index contributed by atoms with van der Waals surface area (Å²) in [6.45, 7) is 5.60. The van der Waals surface area contributed by atoms with Crippen molar-refractivity contribution in [2.24, 2.45) is 0 Å². The van der Waals surface area contributed by atoms with Crippen molar-refractivity contribution < 1.29 is 4.79 Å². The van der Waals surface area contributed by atoms with Gasteiger partial charge in [-0.15, -0.1) is 0 Å². The van der Waals surface area contributed by atoms with Gasteiger partial charge in [0.05, 0.1) is 6.54 Å². The van der Waals surface area contributed by atoms with Gasteiger partial charge in [-0.05, 0) is 39.9 Å². The van der Waals surface area contributed by atoms with Gasteiger partial charge in [-0.2, -0.15) is 0 Å². The van der Waals surface area contributed by atoms with Gasteiger partial charge in [0.25, 0.3) is 0 Å². The molecule has 0 saturated carbocycles. The molecule has 1 fully saturated rings. The Morgan fingerprint density at radius 1 is 1.44 bits per heavy atom. The second kappa shape index (κ2) is 6.86. The normalized spacial score (nSPS) is 21.1. The standard InChI is InChI=1S/C12H25N3O/c1-4-8-15(12(16)10-14(2)3)11-6-5-7-13-9-11/h11,13H,4-10H2,1-3H3. The molecule has 1 unspecified atom stereocenters. The summed E-state index contributed by atoms with van der Waals surface area (Å²) in [4.78, 5) is 16.1. The van der Waals surface area contributed by atoms with E-state index in [1.54, 1.807) is 0 Å². The van der Waals surface area contributed by atoms with Crippen molar-refractivity contribution >= 4 is 5.91 Å². The molecular formula is C12H25N3O. The van der Waals surface area contributed by atoms with Gasteiger partial charge in [-0.25, -0.2) is 0 Å². The number of amides is 1. The highest BCUT2D eigenvalue weighted by molar-refractivity contribution is 5.78. The number of nitrogens with one attached hydrogen (secondary N) is 1. The number of likely N-dealkylation sites (N-methyl/N-ethyl adjacent to an activating group) is 1. The van der Waals surface area contributed by atoms with Crippen molar-refractivity contribution in [1.29, 1.82) is 0 Å². The van der Waals surface area contributed by atoms with E-state index in [0.29, 0.717) is 12.6 Å². The topological polar surface area (TPSA) is 35.6 Å². The number of rotatable bonds is 5. The summed E-state index contributed by atoms with van der Waals surface area (Å²) in [5, 5.41) is 3.37. The first-order valence-corrected chi connectivity index (χ1v) is 6.30. The van der Waals surface area contributed by atoms with Gasteiger partial charge in [-0.3, -0.25) is 4.79 Å². The van der Waals surface area contributed by atoms with E-state index < -0.39 is 0 Å². The summed E-state index contributed by atoms with van der Waals surface area (Å²) in [6, 6.07) is 0.404. The van der Waals surface area contributed by atoms with E-state index in [4.69, 9.17) is 0 Å². The molecule has 0 radical (unpaired) electrons. The van der Waals surface area contributed by atoms with Crippen LogP contribution in [-0.4, -0.2) is 62.0 Å². The highest BCUT2D eigenvalue weighted by atomic mass is 16.2. The predicted octanol–water partition coefficient (Wildman–Crippen LogP) is 0.539. The molecule has 1 aliphatic heterocycles. The van der Waals surface area contributed by atoms with Crippen molar-refractivity contribution in [3.8, 4) is 0 Å². The number of carbonyl (C=O) groups excluding carboxylic acids is 1. The van der Waals surface area contributed by atoms with E-state index in [2.05, 4.69) is 17.1 Å². The van der Waals surface area contributed by atoms with Gasteiger partial charge < -0.3 is 15.1 Å². The van der Waals surface area contributed by atoms with Crippen LogP contribution in [0.3, 0.4) is 0 Å². The van der Waals surface area contributed by atoms with Gasteiger partial charge in [-0.1, -0.05) is 6.92 Å². The molecule has 4 nitrogen and oxygen atoms in total. The lowest BCUT2D eigenvalue weighted by Gasteiger charge is -2.35. The molecule has 0 aromatic rings. The summed E-state index contributed by atoms with van der Waals surface area (Å²) in [6.07, 6.45) is 3.36. The molecule has 1 amide bonds. The smallest absolute Gasteiger partial charge is 0.237 e. The molecule has 1 saturated heterocycles. The molecule has 1 aliphatic rings. The lowest BCUT2D eigenvalue weighted by atomic mass is 10.1. The minimum atomic E-state index is 0.264. The van der Waals surface area contributed by atoms with Gasteiger partial charge in [0, 0.05) is 19.1 Å². The van der Waals surface area contributed by atoms with Gasteiger partial charge in [0.1, 0.15) is 0 Å². The molecule has 0 bridgehead atoms. The molecule has 0 aliphatic carbocycles. The molecule has 1 heterocycles. The van der Waals surface area contributed by atoms with Gasteiger partial charge in [0.15, 0.2) is 0 Å². The van der Waals surface area contributed by atoms with Crippen LogP contribution in [0.5, 0.6) is 0 Å². The number of hydrogen-bond donors (Lipinski definition) is 1. The zero-order valence-corrected chi connectivity index (χ0v) is 10.8. The Hall–Kier alpha value is -0.610. The third-order valence-corrected chi connectivity index (χ3v) is 2.95. The van der Waals surface area contributed by atoms with Crippen LogP contribution >= 0.6 is 0 Å². The maximum absolute atomic E-state index is 12.1. The second-order valence-electron chi connectivity index (χ2n) is 4.83. The molecule has 1 rings (SSSR count). The van der Waals surface area contributed by atoms with Crippen LogP contribution < -0.4 is 5.32 Å². The first-order valence-electron chi connectivity index (χ1n) is 6.30. The number of nitrogens with zero attached hydrogens (tertiary/aromatic N) is 2. The van der Waals surface area contributed by atoms with Crippen LogP contribution in [0.25, 0.3) is 0 Å². The molecule has 1 atom stereocenters. The predicted molar refractivity (Wildman–Crippen MR) is 66.4 cm³/mol. The van der Waals surface area contributed by atoms with E-state index in [0.717, 1.165) is 32.5 Å². The molecule has 0 spiro atoms. The summed E-state index contributed by atoms with van der Waals surface area (Å²) in [5.74, 6) is 0.264. The van der Waals surface area contributed by atoms with Crippen LogP contribution in [-0.2, 0) is 4.79 Å². The Balaban J connectivity index is 2.53. The first kappa shape index (κ1) is 13.5. The fraction of sp³-hybridized carbons (Fsp3) is 0.917. The van der Waals surface area contributed by atoms with Crippen molar-refractivity contribution in [3.05, 3.63) is 0 Å². The fourth-order valence-electron chi connectivity index (χ4n) is 2.21. The Labute approximate surface area is 99.0 Å². The average Bonchev–Trinajstić information content (AvgIpc) is 2.26. The quantitative estimate of drug-likeness (QED) is 0.744. The molecule has 1 N–H and O–H groups in total. The molecule has 0 aromatic heterocycles. The minimum absolute atomic E-state index is 0.264. The maximum atomic E-state index is 12.1. The van der Waals surface area contributed by atoms with Crippen LogP contribution in [0, 0.1) is 0 Å². The molecule has 4 heteroatoms. The number of carbonyl (C=O) groups is 1. The highest BCUT2D eigenvalue weighted by Crippen LogP contribution is 2.11. The van der Waals surface area contributed by atoms with Crippen LogP contribution in [0.15, 0.2) is 0 Å². The lowest BCUT2D eigenvalue weighted by molar-refractivity contribution is -0.134. The molecule has 94 valence electrons. The van der Waals surface area contributed by atoms with Crippen molar-refractivity contribution in [1.82, 2.24) is 15.1 Å². The van der Waals surface area contributed by atoms with Crippen LogP contribution in [0.2, 0.25) is 0 Å². The zero-order valence-electron chi connectivity index (χ0n) is 10.8. The van der Waals surface area contributed by atoms with E-state index >= 15 is 0 Å². The fourth-order valence-corrected chi connectivity index (χ4v) is 2.21. The third-order valence-electron chi connectivity index (χ3n) is 2.95. The maximum Gasteiger partial charge on any atom is 0.237 e. The van der Waals surface area contributed by atoms with Crippen LogP contribution in [0.1, 0.15) is 26.2 Å². The summed E-state index contributed by atoms with van der Waals surface area (Å²) < 4.78 is 0. The van der Waals surface area contributed by atoms with E-state index in [1.165, 1.54) is 6.42 Å². The molecule has 16 heavy (non-hydrogen) atoms. The second-order valence-corrected chi connectivity index (χ2v) is 4.83. The minimum Gasteiger partial charge on any atom is -0.337 e. The molecular weight excluding hydrogens is 202 g/mol. The highest BCUT2D eigenvalue weighted by Gasteiger charge is 2.24. The van der Waals surface area contributed by atoms with E-state index in [-0.39, 0.29) is 5.91 Å². The monoisotopic (exact) mass is 227 g/mol. The Bertz CT molecular complexity index is 212. The van der Waals surface area contributed by atoms with Crippen molar-refractivity contribution in [2.75, 3.05) is 40.3 Å². The van der Waals surface area contributed by atoms with E-state index in [1.807, 2.05) is 19.0 Å². The van der Waals surface area contributed by atoms with Gasteiger partial charge in [0.2, 0.25) is 5.91 Å². The average molecular weight is 227 g/mol. The van der Waals surface area contributed by atoms with E-state index in [9.17, 15) is 4.79 Å². The Kier molecular flexibility index (Phi) is 5.77. The Morgan fingerprint density at radius 2 is 2.19 bits per heavy atom. The largest absolute Gasteiger partial charge is 0.337 e. The third kappa shape index (κ3) is 4.10. The number of piperidine rings is 1. The SMILES string of the molecule is CCCN(C(=O)CN(C)C)C1CCCNC1. The summed E-state index contributed by atoms with van der Waals surface area (Å²) in [5.41, 5.74) is 0. The first-order chi connectivity index (χ1) is 7.65. The number of hydrogen-bond acceptors (Lipinski definition) is 3. The van der Waals surface area contributed by atoms with Crippen molar-refractivity contribution in [3.63, 3.8) is 0 Å².